The first-order valence-corrected chi connectivity index (χ1v) is 7.64. The van der Waals surface area contributed by atoms with Crippen LogP contribution in [0.1, 0.15) is 33.6 Å². The quantitative estimate of drug-likeness (QED) is 0.659. The van der Waals surface area contributed by atoms with Crippen LogP contribution in [-0.2, 0) is 9.59 Å². The van der Waals surface area contributed by atoms with E-state index >= 15 is 0 Å². The van der Waals surface area contributed by atoms with Gasteiger partial charge in [0.1, 0.15) is 0 Å². The summed E-state index contributed by atoms with van der Waals surface area (Å²) >= 11 is 1.55. The third-order valence-electron chi connectivity index (χ3n) is 2.99. The Morgan fingerprint density at radius 1 is 1.42 bits per heavy atom. The molecule has 2 amide bonds. The fraction of sp³-hybridized carbons (Fsp3) is 0.846. The third-order valence-corrected chi connectivity index (χ3v) is 4.14. The number of nitrogens with zero attached hydrogens (tertiary/aromatic N) is 1. The minimum absolute atomic E-state index is 0.0825. The summed E-state index contributed by atoms with van der Waals surface area (Å²) in [6.45, 7) is 6.65. The highest BCUT2D eigenvalue weighted by Gasteiger charge is 2.32. The largest absolute Gasteiger partial charge is 0.368 e. The van der Waals surface area contributed by atoms with Gasteiger partial charge in [0.25, 0.3) is 0 Å². The van der Waals surface area contributed by atoms with Crippen molar-refractivity contribution in [3.05, 3.63) is 0 Å². The molecule has 0 fully saturated rings. The Morgan fingerprint density at radius 2 is 2.00 bits per heavy atom. The Balaban J connectivity index is 4.35. The van der Waals surface area contributed by atoms with E-state index in [0.29, 0.717) is 12.2 Å². The van der Waals surface area contributed by atoms with E-state index in [-0.39, 0.29) is 17.1 Å². The van der Waals surface area contributed by atoms with E-state index in [9.17, 15) is 9.59 Å². The summed E-state index contributed by atoms with van der Waals surface area (Å²) in [5.41, 5.74) is 4.77. The van der Waals surface area contributed by atoms with Gasteiger partial charge in [-0.15, -0.1) is 11.8 Å². The lowest BCUT2D eigenvalue weighted by atomic mass is 9.95. The monoisotopic (exact) mass is 289 g/mol. The molecule has 0 saturated carbocycles. The molecule has 112 valence electrons. The van der Waals surface area contributed by atoms with E-state index in [4.69, 9.17) is 5.73 Å². The molecule has 0 rings (SSSR count). The number of nitrogens with one attached hydrogen (secondary N) is 1. The molecule has 0 aromatic heterocycles. The average molecular weight is 289 g/mol. The van der Waals surface area contributed by atoms with Crippen molar-refractivity contribution in [1.82, 2.24) is 10.2 Å². The van der Waals surface area contributed by atoms with Crippen LogP contribution in [0.3, 0.4) is 0 Å². The van der Waals surface area contributed by atoms with Gasteiger partial charge in [-0.2, -0.15) is 0 Å². The van der Waals surface area contributed by atoms with Crippen molar-refractivity contribution < 1.29 is 9.59 Å². The van der Waals surface area contributed by atoms with Gasteiger partial charge in [0.2, 0.25) is 11.8 Å². The second-order valence-electron chi connectivity index (χ2n) is 5.24. The average Bonchev–Trinajstić information content (AvgIpc) is 2.33. The highest BCUT2D eigenvalue weighted by Crippen LogP contribution is 2.22. The molecule has 2 atom stereocenters. The molecule has 0 aliphatic heterocycles. The summed E-state index contributed by atoms with van der Waals surface area (Å²) in [4.78, 5) is 24.7. The summed E-state index contributed by atoms with van der Waals surface area (Å²) in [6, 6.07) is 0. The lowest BCUT2D eigenvalue weighted by Crippen LogP contribution is -2.54. The van der Waals surface area contributed by atoms with Crippen LogP contribution in [-0.4, -0.2) is 53.9 Å². The number of nitrogens with two attached hydrogens (primary N) is 1. The van der Waals surface area contributed by atoms with Crippen molar-refractivity contribution in [2.45, 2.75) is 44.4 Å². The Hall–Kier alpha value is -0.750. The maximum absolute atomic E-state index is 11.6. The minimum atomic E-state index is -0.705. The van der Waals surface area contributed by atoms with Crippen molar-refractivity contribution in [3.8, 4) is 0 Å². The number of rotatable bonds is 9. The first-order valence-electron chi connectivity index (χ1n) is 6.59. The molecule has 0 radical (unpaired) electrons. The van der Waals surface area contributed by atoms with Crippen LogP contribution >= 0.6 is 11.8 Å². The fourth-order valence-corrected chi connectivity index (χ4v) is 2.77. The standard InChI is InChI=1S/C13H27N3O2S/c1-6-7-15-13(3,12(14)18)8-10(2)19-9-11(17)16(4)5/h10,15H,6-9H2,1-5H3,(H2,14,18). The maximum atomic E-state index is 11.6. The van der Waals surface area contributed by atoms with Gasteiger partial charge in [-0.05, 0) is 26.3 Å². The first-order chi connectivity index (χ1) is 8.73. The topological polar surface area (TPSA) is 75.4 Å². The Morgan fingerprint density at radius 3 is 2.42 bits per heavy atom. The van der Waals surface area contributed by atoms with Gasteiger partial charge in [0.05, 0.1) is 11.3 Å². The molecular weight excluding hydrogens is 262 g/mol. The van der Waals surface area contributed by atoms with Gasteiger partial charge in [-0.1, -0.05) is 13.8 Å². The summed E-state index contributed by atoms with van der Waals surface area (Å²) in [6.07, 6.45) is 1.57. The van der Waals surface area contributed by atoms with Crippen LogP contribution in [0.15, 0.2) is 0 Å². The van der Waals surface area contributed by atoms with Crippen LogP contribution in [0.2, 0.25) is 0 Å². The molecule has 0 spiro atoms. The fourth-order valence-electron chi connectivity index (χ4n) is 1.64. The van der Waals surface area contributed by atoms with E-state index < -0.39 is 5.54 Å². The molecule has 0 saturated heterocycles. The predicted octanol–water partition coefficient (Wildman–Crippen LogP) is 0.830. The number of thioether (sulfide) groups is 1. The van der Waals surface area contributed by atoms with E-state index in [1.165, 1.54) is 0 Å². The van der Waals surface area contributed by atoms with Crippen LogP contribution in [0.25, 0.3) is 0 Å². The van der Waals surface area contributed by atoms with E-state index in [1.54, 1.807) is 30.8 Å². The molecule has 0 aliphatic rings. The number of amides is 2. The maximum Gasteiger partial charge on any atom is 0.237 e. The Labute approximate surface area is 120 Å². The normalized spacial score (nSPS) is 15.6. The smallest absolute Gasteiger partial charge is 0.237 e. The van der Waals surface area contributed by atoms with E-state index in [2.05, 4.69) is 5.32 Å². The van der Waals surface area contributed by atoms with Crippen molar-refractivity contribution in [2.75, 3.05) is 26.4 Å². The number of hydrogen-bond acceptors (Lipinski definition) is 4. The van der Waals surface area contributed by atoms with Crippen molar-refractivity contribution in [3.63, 3.8) is 0 Å². The van der Waals surface area contributed by atoms with Crippen molar-refractivity contribution >= 4 is 23.6 Å². The third kappa shape index (κ3) is 6.82. The summed E-state index contributed by atoms with van der Waals surface area (Å²) in [7, 11) is 3.48. The van der Waals surface area contributed by atoms with Crippen LogP contribution in [0.4, 0.5) is 0 Å². The minimum Gasteiger partial charge on any atom is -0.368 e. The van der Waals surface area contributed by atoms with Crippen LogP contribution in [0, 0.1) is 0 Å². The van der Waals surface area contributed by atoms with Crippen molar-refractivity contribution in [1.29, 1.82) is 0 Å². The molecule has 6 heteroatoms. The zero-order valence-corrected chi connectivity index (χ0v) is 13.5. The van der Waals surface area contributed by atoms with Gasteiger partial charge in [-0.25, -0.2) is 0 Å². The van der Waals surface area contributed by atoms with Gasteiger partial charge in [-0.3, -0.25) is 9.59 Å². The molecule has 19 heavy (non-hydrogen) atoms. The van der Waals surface area contributed by atoms with Crippen LogP contribution in [0.5, 0.6) is 0 Å². The van der Waals surface area contributed by atoms with Crippen LogP contribution < -0.4 is 11.1 Å². The number of carbonyl (C=O) groups excluding carboxylic acids is 2. The molecule has 3 N–H and O–H groups in total. The van der Waals surface area contributed by atoms with E-state index in [1.807, 2.05) is 20.8 Å². The van der Waals surface area contributed by atoms with Gasteiger partial charge in [0, 0.05) is 19.3 Å². The summed E-state index contributed by atoms with van der Waals surface area (Å²) < 4.78 is 0. The predicted molar refractivity (Wildman–Crippen MR) is 81.1 cm³/mol. The van der Waals surface area contributed by atoms with Gasteiger partial charge < -0.3 is 16.0 Å². The second-order valence-corrected chi connectivity index (χ2v) is 6.66. The first kappa shape index (κ1) is 18.2. The molecular formula is C13H27N3O2S. The number of carbonyl (C=O) groups is 2. The number of hydrogen-bond donors (Lipinski definition) is 2. The molecule has 0 bridgehead atoms. The Kier molecular flexibility index (Phi) is 8.09. The summed E-state index contributed by atoms with van der Waals surface area (Å²) in [5.74, 6) is 0.169. The van der Waals surface area contributed by atoms with Gasteiger partial charge in [0.15, 0.2) is 0 Å². The highest BCUT2D eigenvalue weighted by atomic mass is 32.2. The Bertz CT molecular complexity index is 310. The highest BCUT2D eigenvalue weighted by molar-refractivity contribution is 8.00. The lowest BCUT2D eigenvalue weighted by Gasteiger charge is -2.30. The zero-order valence-electron chi connectivity index (χ0n) is 12.7. The SMILES string of the molecule is CCCNC(C)(CC(C)SCC(=O)N(C)C)C(N)=O. The van der Waals surface area contributed by atoms with Gasteiger partial charge >= 0.3 is 0 Å². The summed E-state index contributed by atoms with van der Waals surface area (Å²) in [5, 5.41) is 3.39. The molecule has 0 aromatic rings. The zero-order chi connectivity index (χ0) is 15.1. The molecule has 0 aliphatic carbocycles. The molecule has 0 aromatic carbocycles. The molecule has 0 heterocycles. The van der Waals surface area contributed by atoms with Crippen molar-refractivity contribution in [2.24, 2.45) is 5.73 Å². The number of primary amides is 1. The molecule has 5 nitrogen and oxygen atoms in total. The van der Waals surface area contributed by atoms with E-state index in [0.717, 1.165) is 13.0 Å². The second kappa shape index (κ2) is 8.43. The molecule has 2 unspecified atom stereocenters. The lowest BCUT2D eigenvalue weighted by molar-refractivity contribution is -0.126.